The Morgan fingerprint density at radius 2 is 1.65 bits per heavy atom. The first-order valence-electron chi connectivity index (χ1n) is 7.47. The predicted molar refractivity (Wildman–Crippen MR) is 93.1 cm³/mol. The zero-order chi connectivity index (χ0) is 16.1. The molecule has 0 amide bonds. The van der Waals surface area contributed by atoms with Gasteiger partial charge in [0.25, 0.3) is 0 Å². The van der Waals surface area contributed by atoms with Crippen molar-refractivity contribution in [2.75, 3.05) is 11.5 Å². The topological polar surface area (TPSA) is 74.2 Å². The molecule has 0 fully saturated rings. The van der Waals surface area contributed by atoms with E-state index in [2.05, 4.69) is 4.98 Å². The van der Waals surface area contributed by atoms with E-state index in [1.54, 1.807) is 6.20 Å². The number of benzene rings is 2. The zero-order valence-electron chi connectivity index (χ0n) is 12.8. The summed E-state index contributed by atoms with van der Waals surface area (Å²) in [7, 11) is 0. The SMILES string of the molecule is Nc1nccc(Cc2cccc(OCc3ccccc3)c2)c1N. The summed E-state index contributed by atoms with van der Waals surface area (Å²) in [5, 5.41) is 0. The Kier molecular flexibility index (Phi) is 4.43. The average molecular weight is 305 g/mol. The van der Waals surface area contributed by atoms with Gasteiger partial charge in [-0.15, -0.1) is 0 Å². The standard InChI is InChI=1S/C19H19N3O/c20-18-16(9-10-22-19(18)21)11-15-7-4-8-17(12-15)23-13-14-5-2-1-3-6-14/h1-10,12H,11,13,20H2,(H2,21,22). The van der Waals surface area contributed by atoms with E-state index in [4.69, 9.17) is 16.2 Å². The first-order chi connectivity index (χ1) is 11.2. The Morgan fingerprint density at radius 3 is 2.48 bits per heavy atom. The molecule has 4 N–H and O–H groups in total. The molecule has 4 heteroatoms. The number of pyridine rings is 1. The fourth-order valence-electron chi connectivity index (χ4n) is 2.39. The van der Waals surface area contributed by atoms with Gasteiger partial charge in [-0.3, -0.25) is 0 Å². The third kappa shape index (κ3) is 3.80. The highest BCUT2D eigenvalue weighted by Gasteiger charge is 2.05. The second-order valence-electron chi connectivity index (χ2n) is 5.37. The molecule has 0 unspecified atom stereocenters. The van der Waals surface area contributed by atoms with Gasteiger partial charge in [0, 0.05) is 6.20 Å². The Hall–Kier alpha value is -3.01. The van der Waals surface area contributed by atoms with Crippen molar-refractivity contribution in [3.8, 4) is 5.75 Å². The lowest BCUT2D eigenvalue weighted by molar-refractivity contribution is 0.306. The molecule has 0 bridgehead atoms. The molecule has 0 spiro atoms. The molecule has 0 saturated heterocycles. The van der Waals surface area contributed by atoms with Gasteiger partial charge >= 0.3 is 0 Å². The van der Waals surface area contributed by atoms with Gasteiger partial charge in [0.15, 0.2) is 0 Å². The summed E-state index contributed by atoms with van der Waals surface area (Å²) in [4.78, 5) is 3.99. The molecule has 0 atom stereocenters. The van der Waals surface area contributed by atoms with Crippen LogP contribution in [-0.4, -0.2) is 4.98 Å². The molecular formula is C19H19N3O. The molecule has 3 rings (SSSR count). The summed E-state index contributed by atoms with van der Waals surface area (Å²) in [5.74, 6) is 1.21. The highest BCUT2D eigenvalue weighted by molar-refractivity contribution is 5.63. The monoisotopic (exact) mass is 305 g/mol. The van der Waals surface area contributed by atoms with Crippen molar-refractivity contribution < 1.29 is 4.74 Å². The molecule has 0 aliphatic rings. The van der Waals surface area contributed by atoms with Crippen LogP contribution in [0.2, 0.25) is 0 Å². The second-order valence-corrected chi connectivity index (χ2v) is 5.37. The van der Waals surface area contributed by atoms with E-state index in [0.29, 0.717) is 24.5 Å². The normalized spacial score (nSPS) is 10.4. The number of aromatic nitrogens is 1. The van der Waals surface area contributed by atoms with Crippen molar-refractivity contribution in [2.24, 2.45) is 0 Å². The fraction of sp³-hybridized carbons (Fsp3) is 0.105. The van der Waals surface area contributed by atoms with Crippen molar-refractivity contribution in [3.63, 3.8) is 0 Å². The quantitative estimate of drug-likeness (QED) is 0.757. The number of hydrogen-bond acceptors (Lipinski definition) is 4. The summed E-state index contributed by atoms with van der Waals surface area (Å²) in [6.07, 6.45) is 2.37. The van der Waals surface area contributed by atoms with Crippen molar-refractivity contribution in [1.29, 1.82) is 0 Å². The van der Waals surface area contributed by atoms with Crippen LogP contribution >= 0.6 is 0 Å². The smallest absolute Gasteiger partial charge is 0.146 e. The summed E-state index contributed by atoms with van der Waals surface area (Å²) >= 11 is 0. The maximum Gasteiger partial charge on any atom is 0.146 e. The molecule has 3 aromatic rings. The van der Waals surface area contributed by atoms with Gasteiger partial charge < -0.3 is 16.2 Å². The first-order valence-corrected chi connectivity index (χ1v) is 7.47. The molecule has 0 aliphatic heterocycles. The lowest BCUT2D eigenvalue weighted by atomic mass is 10.0. The van der Waals surface area contributed by atoms with E-state index in [9.17, 15) is 0 Å². The van der Waals surface area contributed by atoms with E-state index in [1.165, 1.54) is 0 Å². The van der Waals surface area contributed by atoms with E-state index >= 15 is 0 Å². The minimum atomic E-state index is 0.374. The molecule has 1 heterocycles. The molecule has 0 saturated carbocycles. The van der Waals surface area contributed by atoms with E-state index in [-0.39, 0.29) is 0 Å². The third-order valence-electron chi connectivity index (χ3n) is 3.65. The molecular weight excluding hydrogens is 286 g/mol. The molecule has 116 valence electrons. The Bertz CT molecular complexity index is 788. The Morgan fingerprint density at radius 1 is 0.870 bits per heavy atom. The highest BCUT2D eigenvalue weighted by Crippen LogP contribution is 2.22. The third-order valence-corrected chi connectivity index (χ3v) is 3.65. The van der Waals surface area contributed by atoms with Crippen LogP contribution in [0.4, 0.5) is 11.5 Å². The number of anilines is 2. The van der Waals surface area contributed by atoms with E-state index in [0.717, 1.165) is 22.4 Å². The number of nitrogens with zero attached hydrogens (tertiary/aromatic N) is 1. The molecule has 4 nitrogen and oxygen atoms in total. The van der Waals surface area contributed by atoms with Gasteiger partial charge in [-0.05, 0) is 41.3 Å². The largest absolute Gasteiger partial charge is 0.489 e. The van der Waals surface area contributed by atoms with E-state index in [1.807, 2.05) is 60.7 Å². The van der Waals surface area contributed by atoms with Crippen LogP contribution < -0.4 is 16.2 Å². The molecule has 0 aliphatic carbocycles. The average Bonchev–Trinajstić information content (AvgIpc) is 2.59. The first kappa shape index (κ1) is 14.9. The minimum Gasteiger partial charge on any atom is -0.489 e. The minimum absolute atomic E-state index is 0.374. The van der Waals surface area contributed by atoms with Gasteiger partial charge in [0.2, 0.25) is 0 Å². The van der Waals surface area contributed by atoms with Gasteiger partial charge in [-0.2, -0.15) is 0 Å². The number of rotatable bonds is 5. The van der Waals surface area contributed by atoms with Crippen LogP contribution in [-0.2, 0) is 13.0 Å². The lowest BCUT2D eigenvalue weighted by Crippen LogP contribution is -2.02. The van der Waals surface area contributed by atoms with Crippen LogP contribution in [0, 0.1) is 0 Å². The van der Waals surface area contributed by atoms with Crippen molar-refractivity contribution in [3.05, 3.63) is 83.6 Å². The van der Waals surface area contributed by atoms with Crippen LogP contribution in [0.5, 0.6) is 5.75 Å². The number of nitrogens with two attached hydrogens (primary N) is 2. The lowest BCUT2D eigenvalue weighted by Gasteiger charge is -2.10. The van der Waals surface area contributed by atoms with Crippen molar-refractivity contribution in [2.45, 2.75) is 13.0 Å². The van der Waals surface area contributed by atoms with Crippen LogP contribution in [0.1, 0.15) is 16.7 Å². The summed E-state index contributed by atoms with van der Waals surface area (Å²) < 4.78 is 5.86. The summed E-state index contributed by atoms with van der Waals surface area (Å²) in [6.45, 7) is 0.550. The summed E-state index contributed by atoms with van der Waals surface area (Å²) in [6, 6.07) is 20.0. The Labute approximate surface area is 135 Å². The Balaban J connectivity index is 1.71. The zero-order valence-corrected chi connectivity index (χ0v) is 12.8. The number of nitrogen functional groups attached to an aromatic ring is 2. The van der Waals surface area contributed by atoms with Crippen LogP contribution in [0.15, 0.2) is 66.9 Å². The molecule has 23 heavy (non-hydrogen) atoms. The molecule has 0 radical (unpaired) electrons. The maximum absolute atomic E-state index is 5.98. The van der Waals surface area contributed by atoms with Crippen LogP contribution in [0.25, 0.3) is 0 Å². The molecule has 2 aromatic carbocycles. The van der Waals surface area contributed by atoms with Gasteiger partial charge in [0.05, 0.1) is 5.69 Å². The maximum atomic E-state index is 5.98. The fourth-order valence-corrected chi connectivity index (χ4v) is 2.39. The number of hydrogen-bond donors (Lipinski definition) is 2. The second kappa shape index (κ2) is 6.83. The van der Waals surface area contributed by atoms with E-state index < -0.39 is 0 Å². The van der Waals surface area contributed by atoms with Gasteiger partial charge in [-0.1, -0.05) is 42.5 Å². The molecule has 1 aromatic heterocycles. The van der Waals surface area contributed by atoms with Gasteiger partial charge in [-0.25, -0.2) is 4.98 Å². The highest BCUT2D eigenvalue weighted by atomic mass is 16.5. The van der Waals surface area contributed by atoms with Crippen LogP contribution in [0.3, 0.4) is 0 Å². The van der Waals surface area contributed by atoms with Crippen molar-refractivity contribution in [1.82, 2.24) is 4.98 Å². The van der Waals surface area contributed by atoms with Gasteiger partial charge in [0.1, 0.15) is 18.2 Å². The number of ether oxygens (including phenoxy) is 1. The predicted octanol–water partition coefficient (Wildman–Crippen LogP) is 3.42. The van der Waals surface area contributed by atoms with Crippen molar-refractivity contribution >= 4 is 11.5 Å². The summed E-state index contributed by atoms with van der Waals surface area (Å²) in [5.41, 5.74) is 15.5.